The molecule has 3 heterocycles. The number of hydrogen-bond donors (Lipinski definition) is 0. The molecule has 0 spiro atoms. The van der Waals surface area contributed by atoms with Gasteiger partial charge < -0.3 is 4.57 Å². The minimum absolute atomic E-state index is 0.812. The molecule has 7 nitrogen and oxygen atoms in total. The molecule has 0 N–H and O–H groups in total. The molecule has 116 valence electrons. The van der Waals surface area contributed by atoms with Gasteiger partial charge in [-0.2, -0.15) is 0 Å². The second kappa shape index (κ2) is 4.77. The lowest BCUT2D eigenvalue weighted by Gasteiger charge is -2.08. The molecule has 0 aliphatic rings. The Hall–Kier alpha value is -2.96. The van der Waals surface area contributed by atoms with Gasteiger partial charge in [-0.15, -0.1) is 5.10 Å². The van der Waals surface area contributed by atoms with Crippen molar-refractivity contribution < 1.29 is 0 Å². The summed E-state index contributed by atoms with van der Waals surface area (Å²) in [6.07, 6.45) is 3.72. The highest BCUT2D eigenvalue weighted by Crippen LogP contribution is 2.24. The number of rotatable bonds is 2. The summed E-state index contributed by atoms with van der Waals surface area (Å²) in [6, 6.07) is 6.07. The van der Waals surface area contributed by atoms with E-state index < -0.39 is 0 Å². The van der Waals surface area contributed by atoms with Gasteiger partial charge in [0.15, 0.2) is 11.6 Å². The Morgan fingerprint density at radius 2 is 1.87 bits per heavy atom. The molecule has 0 unspecified atom stereocenters. The van der Waals surface area contributed by atoms with Crippen LogP contribution in [-0.4, -0.2) is 34.1 Å². The minimum atomic E-state index is 0.812. The predicted octanol–water partition coefficient (Wildman–Crippen LogP) is 2.17. The van der Waals surface area contributed by atoms with Gasteiger partial charge in [0.2, 0.25) is 0 Å². The first-order valence-electron chi connectivity index (χ1n) is 7.39. The number of benzene rings is 1. The zero-order valence-corrected chi connectivity index (χ0v) is 13.5. The van der Waals surface area contributed by atoms with Crippen LogP contribution in [0.2, 0.25) is 0 Å². The smallest absolute Gasteiger partial charge is 0.181 e. The molecule has 3 aromatic heterocycles. The molecule has 1 aromatic carbocycles. The molecule has 0 aliphatic heterocycles. The first kappa shape index (κ1) is 13.7. The SMILES string of the molecule is Cc1nc(-c2nccn2-c2ccc3c(c2)nnn3C)n(C)c1C. The summed E-state index contributed by atoms with van der Waals surface area (Å²) in [5, 5.41) is 8.24. The number of aryl methyl sites for hydroxylation is 2. The Bertz CT molecular complexity index is 1020. The van der Waals surface area contributed by atoms with Gasteiger partial charge >= 0.3 is 0 Å². The molecule has 0 atom stereocenters. The highest BCUT2D eigenvalue weighted by Gasteiger charge is 2.16. The Morgan fingerprint density at radius 3 is 2.61 bits per heavy atom. The summed E-state index contributed by atoms with van der Waals surface area (Å²) in [5.41, 5.74) is 5.00. The summed E-state index contributed by atoms with van der Waals surface area (Å²) in [7, 11) is 3.90. The Kier molecular flexibility index (Phi) is 2.84. The second-order valence-electron chi connectivity index (χ2n) is 5.67. The quantitative estimate of drug-likeness (QED) is 0.569. The van der Waals surface area contributed by atoms with Gasteiger partial charge in [0.25, 0.3) is 0 Å². The molecule has 0 bridgehead atoms. The van der Waals surface area contributed by atoms with Gasteiger partial charge in [0, 0.05) is 37.9 Å². The van der Waals surface area contributed by atoms with Crippen LogP contribution in [0.5, 0.6) is 0 Å². The van der Waals surface area contributed by atoms with Crippen molar-refractivity contribution in [2.45, 2.75) is 13.8 Å². The fourth-order valence-corrected chi connectivity index (χ4v) is 2.77. The van der Waals surface area contributed by atoms with Crippen molar-refractivity contribution in [2.24, 2.45) is 14.1 Å². The van der Waals surface area contributed by atoms with Crippen LogP contribution in [0.25, 0.3) is 28.4 Å². The summed E-state index contributed by atoms with van der Waals surface area (Å²) in [4.78, 5) is 9.15. The number of nitrogens with zero attached hydrogens (tertiary/aromatic N) is 7. The fourth-order valence-electron chi connectivity index (χ4n) is 2.77. The number of hydrogen-bond acceptors (Lipinski definition) is 4. The summed E-state index contributed by atoms with van der Waals surface area (Å²) in [6.45, 7) is 4.07. The van der Waals surface area contributed by atoms with Crippen molar-refractivity contribution in [3.8, 4) is 17.3 Å². The van der Waals surface area contributed by atoms with Gasteiger partial charge in [0.05, 0.1) is 11.2 Å². The molecule has 0 radical (unpaired) electrons. The van der Waals surface area contributed by atoms with Crippen molar-refractivity contribution in [2.75, 3.05) is 0 Å². The standard InChI is InChI=1S/C16H17N7/c1-10-11(2)21(3)16(18-10)15-17-7-8-23(15)12-5-6-14-13(9-12)19-20-22(14)4/h5-9H,1-4H3. The van der Waals surface area contributed by atoms with E-state index >= 15 is 0 Å². The lowest BCUT2D eigenvalue weighted by molar-refractivity contribution is 0.736. The van der Waals surface area contributed by atoms with Crippen LogP contribution in [-0.2, 0) is 14.1 Å². The monoisotopic (exact) mass is 307 g/mol. The van der Waals surface area contributed by atoms with E-state index in [0.717, 1.165) is 39.8 Å². The Balaban J connectivity index is 1.89. The number of fused-ring (bicyclic) bond motifs is 1. The van der Waals surface area contributed by atoms with E-state index in [9.17, 15) is 0 Å². The normalized spacial score (nSPS) is 11.5. The highest BCUT2D eigenvalue weighted by atomic mass is 15.4. The zero-order valence-electron chi connectivity index (χ0n) is 13.5. The summed E-state index contributed by atoms with van der Waals surface area (Å²) >= 11 is 0. The second-order valence-corrected chi connectivity index (χ2v) is 5.67. The van der Waals surface area contributed by atoms with E-state index in [0.29, 0.717) is 0 Å². The van der Waals surface area contributed by atoms with Crippen LogP contribution < -0.4 is 0 Å². The van der Waals surface area contributed by atoms with E-state index in [1.54, 1.807) is 10.9 Å². The van der Waals surface area contributed by atoms with E-state index in [4.69, 9.17) is 0 Å². The van der Waals surface area contributed by atoms with Gasteiger partial charge in [-0.05, 0) is 32.0 Å². The van der Waals surface area contributed by atoms with Crippen molar-refractivity contribution in [3.63, 3.8) is 0 Å². The van der Waals surface area contributed by atoms with E-state index in [1.165, 1.54) is 0 Å². The Labute approximate surface area is 133 Å². The van der Waals surface area contributed by atoms with Crippen LogP contribution >= 0.6 is 0 Å². The highest BCUT2D eigenvalue weighted by molar-refractivity contribution is 5.77. The average molecular weight is 307 g/mol. The molecular weight excluding hydrogens is 290 g/mol. The molecule has 0 fully saturated rings. The number of aromatic nitrogens is 7. The summed E-state index contributed by atoms with van der Waals surface area (Å²) in [5.74, 6) is 1.66. The van der Waals surface area contributed by atoms with Crippen LogP contribution in [0.3, 0.4) is 0 Å². The lowest BCUT2D eigenvalue weighted by Crippen LogP contribution is -2.02. The summed E-state index contributed by atoms with van der Waals surface area (Å²) < 4.78 is 5.85. The molecular formula is C16H17N7. The van der Waals surface area contributed by atoms with Gasteiger partial charge in [-0.1, -0.05) is 5.21 Å². The average Bonchev–Trinajstić information content (AvgIpc) is 3.23. The predicted molar refractivity (Wildman–Crippen MR) is 87.3 cm³/mol. The number of imidazole rings is 2. The zero-order chi connectivity index (χ0) is 16.1. The van der Waals surface area contributed by atoms with Crippen molar-refractivity contribution in [1.29, 1.82) is 0 Å². The first-order chi connectivity index (χ1) is 11.1. The maximum atomic E-state index is 4.65. The Morgan fingerprint density at radius 1 is 1.04 bits per heavy atom. The van der Waals surface area contributed by atoms with E-state index in [2.05, 4.69) is 31.8 Å². The largest absolute Gasteiger partial charge is 0.329 e. The molecule has 4 aromatic rings. The molecule has 0 amide bonds. The maximum absolute atomic E-state index is 4.65. The molecule has 0 aliphatic carbocycles. The fraction of sp³-hybridized carbons (Fsp3) is 0.250. The third-order valence-corrected chi connectivity index (χ3v) is 4.33. The lowest BCUT2D eigenvalue weighted by atomic mass is 10.2. The van der Waals surface area contributed by atoms with E-state index in [1.807, 2.05) is 50.0 Å². The minimum Gasteiger partial charge on any atom is -0.329 e. The van der Waals surface area contributed by atoms with Gasteiger partial charge in [-0.25, -0.2) is 14.6 Å². The van der Waals surface area contributed by atoms with E-state index in [-0.39, 0.29) is 0 Å². The molecule has 4 rings (SSSR count). The first-order valence-corrected chi connectivity index (χ1v) is 7.39. The van der Waals surface area contributed by atoms with Crippen LogP contribution in [0, 0.1) is 13.8 Å². The van der Waals surface area contributed by atoms with Gasteiger partial charge in [0.1, 0.15) is 5.52 Å². The molecule has 0 saturated carbocycles. The van der Waals surface area contributed by atoms with Crippen molar-refractivity contribution in [1.82, 2.24) is 34.1 Å². The van der Waals surface area contributed by atoms with Crippen LogP contribution in [0.1, 0.15) is 11.4 Å². The maximum Gasteiger partial charge on any atom is 0.181 e. The van der Waals surface area contributed by atoms with Crippen LogP contribution in [0.15, 0.2) is 30.6 Å². The third-order valence-electron chi connectivity index (χ3n) is 4.33. The molecule has 7 heteroatoms. The van der Waals surface area contributed by atoms with Crippen LogP contribution in [0.4, 0.5) is 0 Å². The third kappa shape index (κ3) is 1.97. The van der Waals surface area contributed by atoms with Crippen molar-refractivity contribution in [3.05, 3.63) is 42.0 Å². The molecule has 0 saturated heterocycles. The molecule has 23 heavy (non-hydrogen) atoms. The topological polar surface area (TPSA) is 66.3 Å². The van der Waals surface area contributed by atoms with Crippen molar-refractivity contribution >= 4 is 11.0 Å². The van der Waals surface area contributed by atoms with Gasteiger partial charge in [-0.3, -0.25) is 4.57 Å².